The lowest BCUT2D eigenvalue weighted by molar-refractivity contribution is 0.630. The van der Waals surface area contributed by atoms with Crippen LogP contribution in [-0.2, 0) is 0 Å². The Kier molecular flexibility index (Phi) is 7.87. The highest BCUT2D eigenvalue weighted by atomic mass is 32.2. The lowest BCUT2D eigenvalue weighted by Crippen LogP contribution is -2.25. The van der Waals surface area contributed by atoms with Crippen molar-refractivity contribution in [1.82, 2.24) is 5.32 Å². The van der Waals surface area contributed by atoms with Crippen LogP contribution in [-0.4, -0.2) is 23.6 Å². The van der Waals surface area contributed by atoms with Gasteiger partial charge in [0.15, 0.2) is 0 Å². The summed E-state index contributed by atoms with van der Waals surface area (Å²) in [6.45, 7) is 13.7. The molecule has 0 heterocycles. The van der Waals surface area contributed by atoms with Gasteiger partial charge in [-0.15, -0.1) is 0 Å². The Morgan fingerprint density at radius 3 is 2.23 bits per heavy atom. The lowest BCUT2D eigenvalue weighted by atomic mass is 10.2. The number of nitrogens with one attached hydrogen (secondary N) is 1. The molecule has 0 radical (unpaired) electrons. The third-order valence-electron chi connectivity index (χ3n) is 2.24. The second-order valence-corrected chi connectivity index (χ2v) is 5.92. The fraction of sp³-hybridized carbons (Fsp3) is 1.00. The second kappa shape index (κ2) is 7.69. The van der Waals surface area contributed by atoms with E-state index in [1.54, 1.807) is 0 Å². The van der Waals surface area contributed by atoms with Crippen LogP contribution >= 0.6 is 11.8 Å². The predicted molar refractivity (Wildman–Crippen MR) is 64.5 cm³/mol. The van der Waals surface area contributed by atoms with Gasteiger partial charge in [-0.3, -0.25) is 0 Å². The van der Waals surface area contributed by atoms with Crippen LogP contribution in [0, 0.1) is 5.92 Å². The summed E-state index contributed by atoms with van der Waals surface area (Å²) in [5.74, 6) is 0.790. The molecule has 2 atom stereocenters. The second-order valence-electron chi connectivity index (χ2n) is 4.10. The first kappa shape index (κ1) is 13.3. The van der Waals surface area contributed by atoms with Crippen LogP contribution < -0.4 is 5.32 Å². The molecule has 0 aromatic heterocycles. The van der Waals surface area contributed by atoms with Crippen molar-refractivity contribution in [3.05, 3.63) is 0 Å². The zero-order chi connectivity index (χ0) is 10.3. The summed E-state index contributed by atoms with van der Waals surface area (Å²) in [6, 6.07) is 0. The summed E-state index contributed by atoms with van der Waals surface area (Å²) < 4.78 is 0. The number of hydrogen-bond acceptors (Lipinski definition) is 2. The monoisotopic (exact) mass is 203 g/mol. The molecule has 0 bridgehead atoms. The van der Waals surface area contributed by atoms with Crippen LogP contribution in [0.1, 0.15) is 41.0 Å². The highest BCUT2D eigenvalue weighted by molar-refractivity contribution is 8.00. The summed E-state index contributed by atoms with van der Waals surface area (Å²) in [6.07, 6.45) is 1.23. The number of rotatable bonds is 7. The molecule has 1 N–H and O–H groups in total. The molecule has 2 unspecified atom stereocenters. The number of thioether (sulfide) groups is 1. The van der Waals surface area contributed by atoms with Crippen LogP contribution in [0.4, 0.5) is 0 Å². The molecule has 0 aromatic carbocycles. The number of hydrogen-bond donors (Lipinski definition) is 1. The van der Waals surface area contributed by atoms with E-state index in [1.807, 2.05) is 0 Å². The van der Waals surface area contributed by atoms with Crippen molar-refractivity contribution in [2.75, 3.05) is 13.1 Å². The molecule has 0 spiro atoms. The van der Waals surface area contributed by atoms with Gasteiger partial charge in [-0.1, -0.05) is 34.6 Å². The van der Waals surface area contributed by atoms with Gasteiger partial charge < -0.3 is 5.32 Å². The Morgan fingerprint density at radius 1 is 1.15 bits per heavy atom. The maximum absolute atomic E-state index is 3.46. The van der Waals surface area contributed by atoms with E-state index in [2.05, 4.69) is 51.7 Å². The Labute approximate surface area is 88.1 Å². The zero-order valence-electron chi connectivity index (χ0n) is 9.76. The first-order valence-corrected chi connectivity index (χ1v) is 6.38. The molecule has 0 rings (SSSR count). The predicted octanol–water partition coefficient (Wildman–Crippen LogP) is 3.15. The first-order chi connectivity index (χ1) is 6.07. The molecular weight excluding hydrogens is 178 g/mol. The van der Waals surface area contributed by atoms with E-state index < -0.39 is 0 Å². The maximum Gasteiger partial charge on any atom is 0.0146 e. The summed E-state index contributed by atoms with van der Waals surface area (Å²) >= 11 is 2.10. The van der Waals surface area contributed by atoms with Gasteiger partial charge in [0.25, 0.3) is 0 Å². The van der Waals surface area contributed by atoms with Crippen molar-refractivity contribution in [3.63, 3.8) is 0 Å². The van der Waals surface area contributed by atoms with E-state index in [0.29, 0.717) is 0 Å². The molecule has 0 aliphatic rings. The van der Waals surface area contributed by atoms with E-state index in [0.717, 1.165) is 29.5 Å². The van der Waals surface area contributed by atoms with Crippen LogP contribution in [0.3, 0.4) is 0 Å². The minimum absolute atomic E-state index is 0.740. The normalized spacial score (nSPS) is 16.2. The minimum atomic E-state index is 0.740. The van der Waals surface area contributed by atoms with Gasteiger partial charge in [0.2, 0.25) is 0 Å². The van der Waals surface area contributed by atoms with E-state index in [4.69, 9.17) is 0 Å². The largest absolute Gasteiger partial charge is 0.316 e. The first-order valence-electron chi connectivity index (χ1n) is 5.44. The van der Waals surface area contributed by atoms with Crippen molar-refractivity contribution in [2.45, 2.75) is 51.5 Å². The third-order valence-corrected chi connectivity index (χ3v) is 3.85. The Bertz CT molecular complexity index is 115. The highest BCUT2D eigenvalue weighted by Gasteiger charge is 2.11. The fourth-order valence-electron chi connectivity index (χ4n) is 1.05. The van der Waals surface area contributed by atoms with Crippen LogP contribution in [0.15, 0.2) is 0 Å². The summed E-state index contributed by atoms with van der Waals surface area (Å²) in [5, 5.41) is 4.97. The summed E-state index contributed by atoms with van der Waals surface area (Å²) in [4.78, 5) is 0. The molecular formula is C11H25NS. The summed E-state index contributed by atoms with van der Waals surface area (Å²) in [7, 11) is 0. The van der Waals surface area contributed by atoms with Gasteiger partial charge in [0.1, 0.15) is 0 Å². The Hall–Kier alpha value is 0.310. The van der Waals surface area contributed by atoms with Gasteiger partial charge in [0.05, 0.1) is 0 Å². The quantitative estimate of drug-likeness (QED) is 0.638. The maximum atomic E-state index is 3.46. The van der Waals surface area contributed by atoms with Crippen LogP contribution in [0.2, 0.25) is 0 Å². The average molecular weight is 203 g/mol. The minimum Gasteiger partial charge on any atom is -0.316 e. The third kappa shape index (κ3) is 7.39. The van der Waals surface area contributed by atoms with Crippen molar-refractivity contribution in [3.8, 4) is 0 Å². The van der Waals surface area contributed by atoms with E-state index in [1.165, 1.54) is 6.42 Å². The Balaban J connectivity index is 3.43. The molecule has 0 saturated heterocycles. The standard InChI is InChI=1S/C11H25NS/c1-6-7-12-8-10(4)13-11(5)9(2)3/h9-12H,6-8H2,1-5H3. The van der Waals surface area contributed by atoms with Crippen molar-refractivity contribution >= 4 is 11.8 Å². The lowest BCUT2D eigenvalue weighted by Gasteiger charge is -2.20. The topological polar surface area (TPSA) is 12.0 Å². The molecule has 0 saturated carbocycles. The summed E-state index contributed by atoms with van der Waals surface area (Å²) in [5.41, 5.74) is 0. The van der Waals surface area contributed by atoms with Gasteiger partial charge in [-0.05, 0) is 18.9 Å². The zero-order valence-corrected chi connectivity index (χ0v) is 10.6. The van der Waals surface area contributed by atoms with E-state index in [9.17, 15) is 0 Å². The molecule has 13 heavy (non-hydrogen) atoms. The molecule has 2 heteroatoms. The van der Waals surface area contributed by atoms with Gasteiger partial charge in [-0.25, -0.2) is 0 Å². The molecule has 0 fully saturated rings. The molecule has 80 valence electrons. The van der Waals surface area contributed by atoms with Crippen molar-refractivity contribution in [2.24, 2.45) is 5.92 Å². The van der Waals surface area contributed by atoms with E-state index in [-0.39, 0.29) is 0 Å². The average Bonchev–Trinajstić information content (AvgIpc) is 2.04. The van der Waals surface area contributed by atoms with Crippen LogP contribution in [0.25, 0.3) is 0 Å². The molecule has 1 nitrogen and oxygen atoms in total. The Morgan fingerprint density at radius 2 is 1.77 bits per heavy atom. The molecule has 0 aromatic rings. The SMILES string of the molecule is CCCNCC(C)SC(C)C(C)C. The fourth-order valence-corrected chi connectivity index (χ4v) is 2.31. The highest BCUT2D eigenvalue weighted by Crippen LogP contribution is 2.22. The molecule has 0 aliphatic carbocycles. The van der Waals surface area contributed by atoms with Crippen molar-refractivity contribution in [1.29, 1.82) is 0 Å². The smallest absolute Gasteiger partial charge is 0.0146 e. The van der Waals surface area contributed by atoms with Gasteiger partial charge >= 0.3 is 0 Å². The van der Waals surface area contributed by atoms with Gasteiger partial charge in [-0.2, -0.15) is 11.8 Å². The van der Waals surface area contributed by atoms with Gasteiger partial charge in [0, 0.05) is 17.0 Å². The van der Waals surface area contributed by atoms with Crippen LogP contribution in [0.5, 0.6) is 0 Å². The molecule has 0 aliphatic heterocycles. The van der Waals surface area contributed by atoms with Crippen molar-refractivity contribution < 1.29 is 0 Å². The van der Waals surface area contributed by atoms with E-state index >= 15 is 0 Å². The molecule has 0 amide bonds.